The van der Waals surface area contributed by atoms with Gasteiger partial charge in [-0.25, -0.2) is 0 Å². The van der Waals surface area contributed by atoms with Gasteiger partial charge in [0.2, 0.25) is 0 Å². The Morgan fingerprint density at radius 3 is 3.00 bits per heavy atom. The number of hydrogen-bond donors (Lipinski definition) is 1. The number of hydrogen-bond acceptors (Lipinski definition) is 3. The smallest absolute Gasteiger partial charge is 0.104 e. The minimum atomic E-state index is 0.350. The summed E-state index contributed by atoms with van der Waals surface area (Å²) >= 11 is 11.3. The van der Waals surface area contributed by atoms with Crippen LogP contribution in [0.5, 0.6) is 0 Å². The van der Waals surface area contributed by atoms with Crippen LogP contribution in [0.1, 0.15) is 30.9 Å². The molecule has 0 aromatic heterocycles. The van der Waals surface area contributed by atoms with Gasteiger partial charge in [-0.05, 0) is 37.9 Å². The molecule has 110 valence electrons. The van der Waals surface area contributed by atoms with Crippen LogP contribution in [0.4, 0.5) is 0 Å². The van der Waals surface area contributed by atoms with Crippen LogP contribution in [0.2, 0.25) is 5.02 Å². The molecule has 1 aliphatic rings. The lowest BCUT2D eigenvalue weighted by Gasteiger charge is -2.32. The molecule has 0 bridgehead atoms. The number of nitrogens with zero attached hydrogens (tertiary/aromatic N) is 1. The molecule has 20 heavy (non-hydrogen) atoms. The third-order valence-corrected chi connectivity index (χ3v) is 4.18. The standard InChI is InChI=1S/C15H21ClN2OS/c1-2-19-13-4-3-7-18(10-13)9-12-6-5-11(15(17)20)8-14(12)16/h5-6,8,13H,2-4,7,9-10H2,1H3,(H2,17,20). The van der Waals surface area contributed by atoms with Crippen molar-refractivity contribution in [3.05, 3.63) is 34.3 Å². The Morgan fingerprint density at radius 2 is 2.35 bits per heavy atom. The first-order valence-electron chi connectivity index (χ1n) is 7.02. The van der Waals surface area contributed by atoms with Crippen LogP contribution in [-0.2, 0) is 11.3 Å². The van der Waals surface area contributed by atoms with E-state index in [0.717, 1.165) is 48.8 Å². The van der Waals surface area contributed by atoms with E-state index < -0.39 is 0 Å². The fourth-order valence-electron chi connectivity index (χ4n) is 2.60. The van der Waals surface area contributed by atoms with Crippen LogP contribution in [0.25, 0.3) is 0 Å². The number of benzene rings is 1. The summed E-state index contributed by atoms with van der Waals surface area (Å²) in [6, 6.07) is 5.80. The van der Waals surface area contributed by atoms with E-state index in [0.29, 0.717) is 11.1 Å². The number of thiocarbonyl (C=S) groups is 1. The molecule has 0 saturated carbocycles. The molecule has 1 aromatic carbocycles. The van der Waals surface area contributed by atoms with Crippen molar-refractivity contribution in [1.29, 1.82) is 0 Å². The Labute approximate surface area is 131 Å². The second-order valence-corrected chi connectivity index (χ2v) is 5.97. The van der Waals surface area contributed by atoms with Crippen LogP contribution in [0.3, 0.4) is 0 Å². The molecule has 0 radical (unpaired) electrons. The Bertz CT molecular complexity index is 479. The van der Waals surface area contributed by atoms with E-state index in [2.05, 4.69) is 4.90 Å². The van der Waals surface area contributed by atoms with Gasteiger partial charge in [-0.3, -0.25) is 4.90 Å². The van der Waals surface area contributed by atoms with Crippen LogP contribution in [0, 0.1) is 0 Å². The quantitative estimate of drug-likeness (QED) is 0.848. The first-order chi connectivity index (χ1) is 9.60. The molecule has 1 fully saturated rings. The van der Waals surface area contributed by atoms with Gasteiger partial charge >= 0.3 is 0 Å². The lowest BCUT2D eigenvalue weighted by atomic mass is 10.1. The minimum Gasteiger partial charge on any atom is -0.389 e. The fourth-order valence-corrected chi connectivity index (χ4v) is 2.97. The average Bonchev–Trinajstić information content (AvgIpc) is 2.42. The normalized spacial score (nSPS) is 20.0. The van der Waals surface area contributed by atoms with Crippen LogP contribution in [0.15, 0.2) is 18.2 Å². The van der Waals surface area contributed by atoms with Gasteiger partial charge < -0.3 is 10.5 Å². The van der Waals surface area contributed by atoms with Crippen molar-refractivity contribution in [3.63, 3.8) is 0 Å². The van der Waals surface area contributed by atoms with E-state index in [1.165, 1.54) is 6.42 Å². The molecule has 3 nitrogen and oxygen atoms in total. The topological polar surface area (TPSA) is 38.5 Å². The SMILES string of the molecule is CCOC1CCCN(Cc2ccc(C(N)=S)cc2Cl)C1. The average molecular weight is 313 g/mol. The van der Waals surface area contributed by atoms with E-state index in [-0.39, 0.29) is 0 Å². The highest BCUT2D eigenvalue weighted by molar-refractivity contribution is 7.80. The summed E-state index contributed by atoms with van der Waals surface area (Å²) in [6.07, 6.45) is 2.68. The van der Waals surface area contributed by atoms with E-state index in [1.807, 2.05) is 25.1 Å². The molecule has 1 aromatic rings. The molecule has 0 spiro atoms. The van der Waals surface area contributed by atoms with Crippen LogP contribution in [-0.4, -0.2) is 35.7 Å². The highest BCUT2D eigenvalue weighted by Gasteiger charge is 2.20. The van der Waals surface area contributed by atoms with Gasteiger partial charge in [-0.15, -0.1) is 0 Å². The molecule has 0 amide bonds. The molecule has 0 aliphatic carbocycles. The first-order valence-corrected chi connectivity index (χ1v) is 7.81. The molecule has 1 saturated heterocycles. The van der Waals surface area contributed by atoms with Crippen LogP contribution < -0.4 is 5.73 Å². The van der Waals surface area contributed by atoms with Crippen molar-refractivity contribution >= 4 is 28.8 Å². The van der Waals surface area contributed by atoms with Crippen molar-refractivity contribution in [2.45, 2.75) is 32.4 Å². The number of likely N-dealkylation sites (tertiary alicyclic amines) is 1. The second-order valence-electron chi connectivity index (χ2n) is 5.13. The van der Waals surface area contributed by atoms with Crippen molar-refractivity contribution in [2.24, 2.45) is 5.73 Å². The molecule has 1 atom stereocenters. The Balaban J connectivity index is 2.00. The molecule has 1 unspecified atom stereocenters. The van der Waals surface area contributed by atoms with Crippen molar-refractivity contribution < 1.29 is 4.74 Å². The lowest BCUT2D eigenvalue weighted by Crippen LogP contribution is -2.39. The summed E-state index contributed by atoms with van der Waals surface area (Å²) in [7, 11) is 0. The highest BCUT2D eigenvalue weighted by atomic mass is 35.5. The van der Waals surface area contributed by atoms with Crippen LogP contribution >= 0.6 is 23.8 Å². The van der Waals surface area contributed by atoms with Gasteiger partial charge in [0.1, 0.15) is 4.99 Å². The maximum atomic E-state index is 6.32. The zero-order valence-corrected chi connectivity index (χ0v) is 13.3. The van der Waals surface area contributed by atoms with Crippen molar-refractivity contribution in [3.8, 4) is 0 Å². The third kappa shape index (κ3) is 4.16. The summed E-state index contributed by atoms with van der Waals surface area (Å²) in [5.41, 5.74) is 7.55. The number of halogens is 1. The Kier molecular flexibility index (Phi) is 5.78. The zero-order chi connectivity index (χ0) is 14.5. The van der Waals surface area contributed by atoms with E-state index in [1.54, 1.807) is 0 Å². The summed E-state index contributed by atoms with van der Waals surface area (Å²) in [4.78, 5) is 2.78. The van der Waals surface area contributed by atoms with Gasteiger partial charge in [-0.2, -0.15) is 0 Å². The number of rotatable bonds is 5. The fraction of sp³-hybridized carbons (Fsp3) is 0.533. The number of nitrogens with two attached hydrogens (primary N) is 1. The van der Waals surface area contributed by atoms with E-state index >= 15 is 0 Å². The molecular formula is C15H21ClN2OS. The van der Waals surface area contributed by atoms with Crippen molar-refractivity contribution in [1.82, 2.24) is 4.90 Å². The monoisotopic (exact) mass is 312 g/mol. The maximum Gasteiger partial charge on any atom is 0.104 e. The zero-order valence-electron chi connectivity index (χ0n) is 11.8. The van der Waals surface area contributed by atoms with Gasteiger partial charge in [0.15, 0.2) is 0 Å². The summed E-state index contributed by atoms with van der Waals surface area (Å²) < 4.78 is 5.72. The first kappa shape index (κ1) is 15.7. The predicted molar refractivity (Wildman–Crippen MR) is 87.3 cm³/mol. The van der Waals surface area contributed by atoms with Gasteiger partial charge in [-0.1, -0.05) is 36.0 Å². The van der Waals surface area contributed by atoms with Gasteiger partial charge in [0.25, 0.3) is 0 Å². The molecule has 1 aliphatic heterocycles. The van der Waals surface area contributed by atoms with E-state index in [9.17, 15) is 0 Å². The highest BCUT2D eigenvalue weighted by Crippen LogP contribution is 2.22. The predicted octanol–water partition coefficient (Wildman–Crippen LogP) is 2.98. The van der Waals surface area contributed by atoms with Crippen molar-refractivity contribution in [2.75, 3.05) is 19.7 Å². The Hall–Kier alpha value is -0.680. The van der Waals surface area contributed by atoms with Gasteiger partial charge in [0, 0.05) is 30.3 Å². The van der Waals surface area contributed by atoms with Gasteiger partial charge in [0.05, 0.1) is 6.10 Å². The molecule has 2 rings (SSSR count). The molecule has 5 heteroatoms. The maximum absolute atomic E-state index is 6.32. The third-order valence-electron chi connectivity index (χ3n) is 3.60. The molecule has 2 N–H and O–H groups in total. The largest absolute Gasteiger partial charge is 0.389 e. The lowest BCUT2D eigenvalue weighted by molar-refractivity contribution is 0.00364. The Morgan fingerprint density at radius 1 is 1.55 bits per heavy atom. The molecular weight excluding hydrogens is 292 g/mol. The number of piperidine rings is 1. The summed E-state index contributed by atoms with van der Waals surface area (Å²) in [5, 5.41) is 0.730. The number of ether oxygens (including phenoxy) is 1. The second kappa shape index (κ2) is 7.36. The summed E-state index contributed by atoms with van der Waals surface area (Å²) in [5.74, 6) is 0. The minimum absolute atomic E-state index is 0.350. The molecule has 1 heterocycles. The summed E-state index contributed by atoms with van der Waals surface area (Å²) in [6.45, 7) is 5.74. The van der Waals surface area contributed by atoms with E-state index in [4.69, 9.17) is 34.3 Å².